The number of aryl methyl sites for hydroxylation is 1. The van der Waals surface area contributed by atoms with E-state index >= 15 is 0 Å². The van der Waals surface area contributed by atoms with Crippen LogP contribution in [0.5, 0.6) is 0 Å². The largest absolute Gasteiger partial charge is 0.352 e. The summed E-state index contributed by atoms with van der Waals surface area (Å²) in [4.78, 5) is 20.4. The molecule has 0 aliphatic heterocycles. The molecule has 1 aromatic heterocycles. The Morgan fingerprint density at radius 3 is 2.58 bits per heavy atom. The molecule has 1 aromatic carbocycles. The molecular formula is C16H17F3N4O. The summed E-state index contributed by atoms with van der Waals surface area (Å²) < 4.78 is 39.8. The van der Waals surface area contributed by atoms with Gasteiger partial charge in [-0.05, 0) is 38.5 Å². The Hall–Kier alpha value is -2.64. The molecule has 24 heavy (non-hydrogen) atoms. The Bertz CT molecular complexity index is 767. The second kappa shape index (κ2) is 7.29. The van der Waals surface area contributed by atoms with E-state index in [0.717, 1.165) is 18.6 Å². The average molecular weight is 338 g/mol. The maximum absolute atomic E-state index is 13.6. The fraction of sp³-hybridized carbons (Fsp3) is 0.312. The van der Waals surface area contributed by atoms with Crippen molar-refractivity contribution in [2.45, 2.75) is 33.2 Å². The molecule has 0 aliphatic carbocycles. The summed E-state index contributed by atoms with van der Waals surface area (Å²) in [6, 6.07) is 3.19. The van der Waals surface area contributed by atoms with Gasteiger partial charge in [0.15, 0.2) is 17.5 Å². The highest BCUT2D eigenvalue weighted by atomic mass is 19.2. The van der Waals surface area contributed by atoms with Crippen LogP contribution in [0.4, 0.5) is 24.8 Å². The normalized spacial score (nSPS) is 11.9. The highest BCUT2D eigenvalue weighted by Crippen LogP contribution is 2.20. The summed E-state index contributed by atoms with van der Waals surface area (Å²) in [6.45, 7) is 5.59. The lowest BCUT2D eigenvalue weighted by Crippen LogP contribution is -2.20. The lowest BCUT2D eigenvalue weighted by molar-refractivity contribution is 0.102. The van der Waals surface area contributed by atoms with Gasteiger partial charge in [0, 0.05) is 11.7 Å². The summed E-state index contributed by atoms with van der Waals surface area (Å²) in [5.74, 6) is -4.93. The molecule has 2 N–H and O–H groups in total. The molecule has 1 atom stereocenters. The van der Waals surface area contributed by atoms with Gasteiger partial charge in [-0.1, -0.05) is 6.92 Å². The molecule has 0 aliphatic rings. The monoisotopic (exact) mass is 338 g/mol. The van der Waals surface area contributed by atoms with Crippen LogP contribution < -0.4 is 10.6 Å². The van der Waals surface area contributed by atoms with Gasteiger partial charge in [0.05, 0.1) is 5.69 Å². The number of hydrogen-bond donors (Lipinski definition) is 2. The highest BCUT2D eigenvalue weighted by Gasteiger charge is 2.17. The van der Waals surface area contributed by atoms with E-state index < -0.39 is 29.0 Å². The molecule has 1 unspecified atom stereocenters. The Balaban J connectivity index is 2.25. The molecule has 0 bridgehead atoms. The smallest absolute Gasteiger partial charge is 0.274 e. The standard InChI is InChI=1S/C16H17F3N4O/c1-4-8(2)20-16-21-9(3)7-12(23-16)15(24)22-11-6-5-10(17)13(18)14(11)19/h5-8H,4H2,1-3H3,(H,22,24)(H,20,21,23). The molecule has 0 saturated heterocycles. The Kier molecular flexibility index (Phi) is 5.38. The van der Waals surface area contributed by atoms with Crippen LogP contribution in [0.15, 0.2) is 18.2 Å². The number of amides is 1. The predicted molar refractivity (Wildman–Crippen MR) is 84.4 cm³/mol. The van der Waals surface area contributed by atoms with E-state index in [1.165, 1.54) is 6.07 Å². The van der Waals surface area contributed by atoms with E-state index in [9.17, 15) is 18.0 Å². The third-order valence-corrected chi connectivity index (χ3v) is 3.36. The van der Waals surface area contributed by atoms with Crippen molar-refractivity contribution in [3.63, 3.8) is 0 Å². The number of benzene rings is 1. The zero-order valence-corrected chi connectivity index (χ0v) is 13.5. The van der Waals surface area contributed by atoms with Crippen molar-refractivity contribution in [1.82, 2.24) is 9.97 Å². The molecule has 128 valence electrons. The average Bonchev–Trinajstić information content (AvgIpc) is 2.54. The second-order valence-electron chi connectivity index (χ2n) is 5.35. The van der Waals surface area contributed by atoms with Crippen molar-refractivity contribution in [3.8, 4) is 0 Å². The van der Waals surface area contributed by atoms with Gasteiger partial charge < -0.3 is 10.6 Å². The molecule has 0 fully saturated rings. The van der Waals surface area contributed by atoms with Crippen molar-refractivity contribution < 1.29 is 18.0 Å². The van der Waals surface area contributed by atoms with Gasteiger partial charge in [0.2, 0.25) is 5.95 Å². The molecule has 8 heteroatoms. The molecule has 0 spiro atoms. The minimum Gasteiger partial charge on any atom is -0.352 e. The summed E-state index contributed by atoms with van der Waals surface area (Å²) in [6.07, 6.45) is 0.832. The lowest BCUT2D eigenvalue weighted by atomic mass is 10.2. The van der Waals surface area contributed by atoms with Crippen LogP contribution in [0.3, 0.4) is 0 Å². The zero-order chi connectivity index (χ0) is 17.9. The number of carbonyl (C=O) groups excluding carboxylic acids is 1. The Labute approximate surface area is 137 Å². The van der Waals surface area contributed by atoms with Gasteiger partial charge >= 0.3 is 0 Å². The number of rotatable bonds is 5. The first-order valence-electron chi connectivity index (χ1n) is 7.38. The molecule has 1 heterocycles. The first kappa shape index (κ1) is 17.7. The van der Waals surface area contributed by atoms with E-state index in [1.54, 1.807) is 6.92 Å². The summed E-state index contributed by atoms with van der Waals surface area (Å²) in [7, 11) is 0. The van der Waals surface area contributed by atoms with E-state index in [2.05, 4.69) is 20.6 Å². The van der Waals surface area contributed by atoms with Crippen LogP contribution in [0.2, 0.25) is 0 Å². The van der Waals surface area contributed by atoms with E-state index in [4.69, 9.17) is 0 Å². The SMILES string of the molecule is CCC(C)Nc1nc(C)cc(C(=O)Nc2ccc(F)c(F)c2F)n1. The van der Waals surface area contributed by atoms with Crippen LogP contribution >= 0.6 is 0 Å². The van der Waals surface area contributed by atoms with Crippen molar-refractivity contribution in [3.05, 3.63) is 47.0 Å². The number of nitrogens with one attached hydrogen (secondary N) is 2. The van der Waals surface area contributed by atoms with Crippen LogP contribution in [0, 0.1) is 24.4 Å². The number of anilines is 2. The minimum absolute atomic E-state index is 0.0163. The number of hydrogen-bond acceptors (Lipinski definition) is 4. The van der Waals surface area contributed by atoms with Crippen molar-refractivity contribution in [2.24, 2.45) is 0 Å². The molecule has 1 amide bonds. The maximum atomic E-state index is 13.6. The van der Waals surface area contributed by atoms with E-state index in [1.807, 2.05) is 13.8 Å². The molecule has 0 radical (unpaired) electrons. The lowest BCUT2D eigenvalue weighted by Gasteiger charge is -2.13. The van der Waals surface area contributed by atoms with Gasteiger partial charge in [0.1, 0.15) is 5.69 Å². The van der Waals surface area contributed by atoms with Gasteiger partial charge in [-0.25, -0.2) is 23.1 Å². The number of nitrogens with zero attached hydrogens (tertiary/aromatic N) is 2. The number of aromatic nitrogens is 2. The summed E-state index contributed by atoms with van der Waals surface area (Å²) in [5.41, 5.74) is 0.0516. The Morgan fingerprint density at radius 2 is 1.92 bits per heavy atom. The van der Waals surface area contributed by atoms with Gasteiger partial charge in [-0.2, -0.15) is 0 Å². The molecule has 5 nitrogen and oxygen atoms in total. The first-order chi connectivity index (χ1) is 11.3. The van der Waals surface area contributed by atoms with Crippen molar-refractivity contribution in [2.75, 3.05) is 10.6 Å². The minimum atomic E-state index is -1.65. The van der Waals surface area contributed by atoms with Gasteiger partial charge in [-0.3, -0.25) is 4.79 Å². The zero-order valence-electron chi connectivity index (χ0n) is 13.5. The second-order valence-corrected chi connectivity index (χ2v) is 5.35. The predicted octanol–water partition coefficient (Wildman–Crippen LogP) is 3.67. The van der Waals surface area contributed by atoms with Crippen LogP contribution in [-0.4, -0.2) is 21.9 Å². The first-order valence-corrected chi connectivity index (χ1v) is 7.38. The fourth-order valence-corrected chi connectivity index (χ4v) is 1.88. The molecule has 2 rings (SSSR count). The third-order valence-electron chi connectivity index (χ3n) is 3.36. The van der Waals surface area contributed by atoms with Crippen LogP contribution in [0.25, 0.3) is 0 Å². The topological polar surface area (TPSA) is 66.9 Å². The summed E-state index contributed by atoms with van der Waals surface area (Å²) in [5, 5.41) is 5.21. The summed E-state index contributed by atoms with van der Waals surface area (Å²) >= 11 is 0. The van der Waals surface area contributed by atoms with Gasteiger partial charge in [-0.15, -0.1) is 0 Å². The number of halogens is 3. The maximum Gasteiger partial charge on any atom is 0.274 e. The van der Waals surface area contributed by atoms with Gasteiger partial charge in [0.25, 0.3) is 5.91 Å². The fourth-order valence-electron chi connectivity index (χ4n) is 1.88. The molecule has 2 aromatic rings. The van der Waals surface area contributed by atoms with E-state index in [0.29, 0.717) is 5.69 Å². The van der Waals surface area contributed by atoms with E-state index in [-0.39, 0.29) is 17.7 Å². The van der Waals surface area contributed by atoms with Crippen molar-refractivity contribution in [1.29, 1.82) is 0 Å². The molecule has 0 saturated carbocycles. The number of carbonyl (C=O) groups is 1. The quantitative estimate of drug-likeness (QED) is 0.817. The third kappa shape index (κ3) is 4.01. The van der Waals surface area contributed by atoms with Crippen molar-refractivity contribution >= 4 is 17.5 Å². The molecular weight excluding hydrogens is 321 g/mol. The van der Waals surface area contributed by atoms with Crippen LogP contribution in [-0.2, 0) is 0 Å². The Morgan fingerprint density at radius 1 is 1.21 bits per heavy atom. The highest BCUT2D eigenvalue weighted by molar-refractivity contribution is 6.03. The van der Waals surface area contributed by atoms with Crippen LogP contribution in [0.1, 0.15) is 36.5 Å².